The van der Waals surface area contributed by atoms with E-state index in [0.717, 1.165) is 5.56 Å². The molecule has 4 rings (SSSR count). The number of likely N-dealkylation sites (tertiary alicyclic amines) is 1. The fourth-order valence-electron chi connectivity index (χ4n) is 3.83. The summed E-state index contributed by atoms with van der Waals surface area (Å²) in [5.74, 6) is 5.86. The molecule has 0 aliphatic carbocycles. The van der Waals surface area contributed by atoms with Crippen molar-refractivity contribution in [2.24, 2.45) is 5.90 Å². The van der Waals surface area contributed by atoms with Crippen LogP contribution in [-0.2, 0) is 11.3 Å². The number of nitrogens with two attached hydrogens (primary N) is 1. The number of carbonyl (C=O) groups is 1. The summed E-state index contributed by atoms with van der Waals surface area (Å²) in [6.07, 6.45) is 4.70. The third-order valence-corrected chi connectivity index (χ3v) is 5.51. The first-order valence-electron chi connectivity index (χ1n) is 9.50. The molecule has 2 aromatic carbocycles. The maximum Gasteiger partial charge on any atom is 0.254 e. The first-order chi connectivity index (χ1) is 14.1. The maximum atomic E-state index is 13.2. The zero-order valence-electron chi connectivity index (χ0n) is 15.9. The Labute approximate surface area is 168 Å². The van der Waals surface area contributed by atoms with E-state index < -0.39 is 5.60 Å². The van der Waals surface area contributed by atoms with Gasteiger partial charge in [-0.05, 0) is 36.6 Å². The highest BCUT2D eigenvalue weighted by Crippen LogP contribution is 2.31. The Bertz CT molecular complexity index is 965. The van der Waals surface area contributed by atoms with E-state index in [2.05, 4.69) is 4.98 Å². The summed E-state index contributed by atoms with van der Waals surface area (Å²) in [6, 6.07) is 13.7. The average molecular weight is 395 g/mol. The van der Waals surface area contributed by atoms with Gasteiger partial charge in [-0.25, -0.2) is 15.3 Å². The highest BCUT2D eigenvalue weighted by Gasteiger charge is 2.37. The van der Waals surface area contributed by atoms with Gasteiger partial charge in [0.25, 0.3) is 5.91 Å². The topological polar surface area (TPSA) is 81.6 Å². The van der Waals surface area contributed by atoms with Gasteiger partial charge in [-0.15, -0.1) is 0 Å². The number of halogens is 1. The van der Waals surface area contributed by atoms with Crippen molar-refractivity contribution in [3.05, 3.63) is 78.1 Å². The Kier molecular flexibility index (Phi) is 5.42. The Hall–Kier alpha value is -3.03. The van der Waals surface area contributed by atoms with Crippen LogP contribution in [0.2, 0.25) is 0 Å². The number of hydrogen-bond acceptors (Lipinski definition) is 5. The second-order valence-electron chi connectivity index (χ2n) is 7.31. The molecule has 1 aromatic heterocycles. The Morgan fingerprint density at radius 2 is 1.90 bits per heavy atom. The number of benzene rings is 2. The summed E-state index contributed by atoms with van der Waals surface area (Å²) in [5, 5.41) is 0. The zero-order chi connectivity index (χ0) is 20.3. The number of aromatic nitrogens is 1. The molecule has 0 unspecified atom stereocenters. The van der Waals surface area contributed by atoms with E-state index in [1.54, 1.807) is 29.3 Å². The monoisotopic (exact) mass is 395 g/mol. The number of piperidine rings is 1. The van der Waals surface area contributed by atoms with Gasteiger partial charge in [-0.3, -0.25) is 9.63 Å². The summed E-state index contributed by atoms with van der Waals surface area (Å²) < 4.78 is 18.5. The minimum absolute atomic E-state index is 0.0654. The molecule has 2 heterocycles. The first kappa shape index (κ1) is 19.3. The van der Waals surface area contributed by atoms with Crippen molar-refractivity contribution in [1.82, 2.24) is 9.88 Å². The van der Waals surface area contributed by atoms with Crippen molar-refractivity contribution >= 4 is 5.91 Å². The summed E-state index contributed by atoms with van der Waals surface area (Å²) >= 11 is 0. The van der Waals surface area contributed by atoms with E-state index >= 15 is 0 Å². The van der Waals surface area contributed by atoms with Crippen LogP contribution in [0.4, 0.5) is 4.39 Å². The van der Waals surface area contributed by atoms with Crippen LogP contribution in [0.5, 0.6) is 0 Å². The summed E-state index contributed by atoms with van der Waals surface area (Å²) in [7, 11) is 0. The average Bonchev–Trinajstić information content (AvgIpc) is 3.30. The van der Waals surface area contributed by atoms with Crippen molar-refractivity contribution in [2.75, 3.05) is 13.1 Å². The fraction of sp³-hybridized carbons (Fsp3) is 0.273. The molecule has 1 saturated heterocycles. The quantitative estimate of drug-likeness (QED) is 0.668. The van der Waals surface area contributed by atoms with Gasteiger partial charge in [-0.2, -0.15) is 0 Å². The maximum absolute atomic E-state index is 13.2. The molecular weight excluding hydrogens is 373 g/mol. The van der Waals surface area contributed by atoms with E-state index in [-0.39, 0.29) is 11.7 Å². The van der Waals surface area contributed by atoms with Crippen LogP contribution < -0.4 is 5.90 Å². The molecule has 3 aromatic rings. The van der Waals surface area contributed by atoms with E-state index in [4.69, 9.17) is 15.2 Å². The highest BCUT2D eigenvalue weighted by atomic mass is 19.1. The van der Waals surface area contributed by atoms with Crippen molar-refractivity contribution in [1.29, 1.82) is 0 Å². The second-order valence-corrected chi connectivity index (χ2v) is 7.31. The van der Waals surface area contributed by atoms with Gasteiger partial charge >= 0.3 is 0 Å². The number of hydrogen-bond donors (Lipinski definition) is 1. The zero-order valence-corrected chi connectivity index (χ0v) is 15.9. The van der Waals surface area contributed by atoms with Crippen molar-refractivity contribution in [3.8, 4) is 11.3 Å². The molecule has 6 nitrogen and oxygen atoms in total. The molecule has 1 fully saturated rings. The third kappa shape index (κ3) is 4.06. The van der Waals surface area contributed by atoms with Crippen LogP contribution in [0.1, 0.15) is 28.8 Å². The van der Waals surface area contributed by atoms with Crippen LogP contribution in [-0.4, -0.2) is 34.5 Å². The van der Waals surface area contributed by atoms with E-state index in [1.807, 2.05) is 18.2 Å². The van der Waals surface area contributed by atoms with Gasteiger partial charge in [0.1, 0.15) is 5.82 Å². The summed E-state index contributed by atoms with van der Waals surface area (Å²) in [5.41, 5.74) is 1.67. The molecule has 1 amide bonds. The number of oxazole rings is 1. The van der Waals surface area contributed by atoms with E-state index in [9.17, 15) is 9.18 Å². The lowest BCUT2D eigenvalue weighted by Crippen LogP contribution is -2.50. The normalized spacial score (nSPS) is 16.0. The lowest BCUT2D eigenvalue weighted by atomic mass is 9.85. The predicted octanol–water partition coefficient (Wildman–Crippen LogP) is 3.59. The second kappa shape index (κ2) is 8.14. The molecule has 0 atom stereocenters. The van der Waals surface area contributed by atoms with Gasteiger partial charge in [-0.1, -0.05) is 30.3 Å². The van der Waals surface area contributed by atoms with Gasteiger partial charge in [0, 0.05) is 25.1 Å². The molecule has 1 aliphatic rings. The van der Waals surface area contributed by atoms with E-state index in [1.165, 1.54) is 18.5 Å². The van der Waals surface area contributed by atoms with Crippen LogP contribution in [0.15, 0.2) is 65.5 Å². The lowest BCUT2D eigenvalue weighted by Gasteiger charge is -2.40. The number of nitrogens with zero attached hydrogens (tertiary/aromatic N) is 2. The molecule has 29 heavy (non-hydrogen) atoms. The molecule has 150 valence electrons. The number of amides is 1. The molecule has 0 saturated carbocycles. The van der Waals surface area contributed by atoms with Crippen LogP contribution in [0.3, 0.4) is 0 Å². The first-order valence-corrected chi connectivity index (χ1v) is 9.50. The molecule has 2 N–H and O–H groups in total. The minimum Gasteiger partial charge on any atom is -0.443 e. The van der Waals surface area contributed by atoms with Crippen molar-refractivity contribution in [2.45, 2.75) is 24.9 Å². The number of carbonyl (C=O) groups excluding carboxylic acids is 1. The minimum atomic E-state index is -0.570. The SMILES string of the molecule is NOC1(Cc2ccc(F)cc2)CCN(C(=O)c2ccccc2-c2cnco2)CC1. The molecule has 1 aliphatic heterocycles. The summed E-state index contributed by atoms with van der Waals surface area (Å²) in [4.78, 5) is 24.3. The van der Waals surface area contributed by atoms with E-state index in [0.29, 0.717) is 49.2 Å². The van der Waals surface area contributed by atoms with Crippen LogP contribution in [0.25, 0.3) is 11.3 Å². The van der Waals surface area contributed by atoms with Gasteiger partial charge in [0.15, 0.2) is 12.2 Å². The van der Waals surface area contributed by atoms with Gasteiger partial charge in [0.05, 0.1) is 17.4 Å². The lowest BCUT2D eigenvalue weighted by molar-refractivity contribution is -0.0817. The fourth-order valence-corrected chi connectivity index (χ4v) is 3.83. The molecule has 0 bridgehead atoms. The third-order valence-electron chi connectivity index (χ3n) is 5.51. The molecule has 7 heteroatoms. The molecule has 0 spiro atoms. The summed E-state index contributed by atoms with van der Waals surface area (Å²) in [6.45, 7) is 1.03. The van der Waals surface area contributed by atoms with Gasteiger partial charge < -0.3 is 9.32 Å². The predicted molar refractivity (Wildman–Crippen MR) is 105 cm³/mol. The smallest absolute Gasteiger partial charge is 0.254 e. The Morgan fingerprint density at radius 1 is 1.17 bits per heavy atom. The molecular formula is C22H22FN3O3. The Morgan fingerprint density at radius 3 is 2.55 bits per heavy atom. The van der Waals surface area contributed by atoms with Crippen LogP contribution in [0, 0.1) is 5.82 Å². The molecule has 0 radical (unpaired) electrons. The van der Waals surface area contributed by atoms with Gasteiger partial charge in [0.2, 0.25) is 0 Å². The van der Waals surface area contributed by atoms with Crippen molar-refractivity contribution < 1.29 is 18.4 Å². The Balaban J connectivity index is 1.48. The number of rotatable bonds is 5. The largest absolute Gasteiger partial charge is 0.443 e. The van der Waals surface area contributed by atoms with Crippen LogP contribution >= 0.6 is 0 Å². The standard InChI is InChI=1S/C22H22FN3O3/c23-17-7-5-16(6-8-17)13-22(29-24)9-11-26(12-10-22)21(27)19-4-2-1-3-18(19)20-14-25-15-28-20/h1-8,14-15H,9-13,24H2. The highest BCUT2D eigenvalue weighted by molar-refractivity contribution is 6.00. The van der Waals surface area contributed by atoms with Crippen molar-refractivity contribution in [3.63, 3.8) is 0 Å².